The molecule has 2 heteroatoms. The first-order chi connectivity index (χ1) is 7.24. The lowest BCUT2D eigenvalue weighted by Crippen LogP contribution is -2.31. The largest absolute Gasteiger partial charge is 0.392 e. The Morgan fingerprint density at radius 2 is 2.00 bits per heavy atom. The molecule has 2 atom stereocenters. The van der Waals surface area contributed by atoms with E-state index in [1.807, 2.05) is 0 Å². The first-order valence-corrected chi connectivity index (χ1v) is 6.64. The van der Waals surface area contributed by atoms with E-state index in [-0.39, 0.29) is 6.10 Å². The molecule has 2 aliphatic rings. The molecular formula is C13H25NO. The lowest BCUT2D eigenvalue weighted by Gasteiger charge is -2.21. The van der Waals surface area contributed by atoms with Crippen molar-refractivity contribution in [3.63, 3.8) is 0 Å². The van der Waals surface area contributed by atoms with Crippen LogP contribution in [0.2, 0.25) is 0 Å². The van der Waals surface area contributed by atoms with Crippen molar-refractivity contribution in [2.24, 2.45) is 11.8 Å². The van der Waals surface area contributed by atoms with E-state index in [0.717, 1.165) is 24.8 Å². The van der Waals surface area contributed by atoms with Crippen molar-refractivity contribution in [3.8, 4) is 0 Å². The fraction of sp³-hybridized carbons (Fsp3) is 1.00. The maximum Gasteiger partial charge on any atom is 0.0669 e. The van der Waals surface area contributed by atoms with Gasteiger partial charge in [0.2, 0.25) is 0 Å². The molecule has 1 N–H and O–H groups in total. The third-order valence-corrected chi connectivity index (χ3v) is 4.06. The third-order valence-electron chi connectivity index (χ3n) is 4.06. The number of aliphatic hydroxyl groups is 1. The number of hydrogen-bond acceptors (Lipinski definition) is 2. The fourth-order valence-electron chi connectivity index (χ4n) is 3.20. The number of likely N-dealkylation sites (tertiary alicyclic amines) is 1. The highest BCUT2D eigenvalue weighted by Crippen LogP contribution is 2.29. The molecule has 1 aliphatic carbocycles. The normalized spacial score (nSPS) is 31.2. The molecule has 1 saturated carbocycles. The van der Waals surface area contributed by atoms with E-state index in [4.69, 9.17) is 0 Å². The fourth-order valence-corrected chi connectivity index (χ4v) is 3.20. The third kappa shape index (κ3) is 3.46. The quantitative estimate of drug-likeness (QED) is 0.771. The smallest absolute Gasteiger partial charge is 0.0669 e. The first-order valence-electron chi connectivity index (χ1n) is 6.64. The number of rotatable bonds is 4. The molecule has 2 nitrogen and oxygen atoms in total. The van der Waals surface area contributed by atoms with Gasteiger partial charge in [-0.1, -0.05) is 32.6 Å². The zero-order chi connectivity index (χ0) is 10.7. The average Bonchev–Trinajstić information content (AvgIpc) is 2.77. The Hall–Kier alpha value is -0.0800. The summed E-state index contributed by atoms with van der Waals surface area (Å²) in [7, 11) is 0. The van der Waals surface area contributed by atoms with Gasteiger partial charge in [0.15, 0.2) is 0 Å². The summed E-state index contributed by atoms with van der Waals surface area (Å²) in [6, 6.07) is 0. The molecule has 88 valence electrons. The van der Waals surface area contributed by atoms with Gasteiger partial charge in [0.05, 0.1) is 6.10 Å². The van der Waals surface area contributed by atoms with E-state index in [1.54, 1.807) is 0 Å². The average molecular weight is 211 g/mol. The van der Waals surface area contributed by atoms with E-state index in [0.29, 0.717) is 0 Å². The van der Waals surface area contributed by atoms with Crippen LogP contribution in [0.5, 0.6) is 0 Å². The highest BCUT2D eigenvalue weighted by atomic mass is 16.3. The Kier molecular flexibility index (Phi) is 4.04. The predicted octanol–water partition coefficient (Wildman–Crippen LogP) is 2.27. The van der Waals surface area contributed by atoms with Gasteiger partial charge in [-0.05, 0) is 31.2 Å². The molecule has 2 unspecified atom stereocenters. The van der Waals surface area contributed by atoms with Crippen LogP contribution in [0.25, 0.3) is 0 Å². The minimum Gasteiger partial charge on any atom is -0.392 e. The summed E-state index contributed by atoms with van der Waals surface area (Å²) >= 11 is 0. The predicted molar refractivity (Wildman–Crippen MR) is 62.8 cm³/mol. The van der Waals surface area contributed by atoms with Crippen molar-refractivity contribution in [2.75, 3.05) is 19.6 Å². The summed E-state index contributed by atoms with van der Waals surface area (Å²) in [6.45, 7) is 5.62. The van der Waals surface area contributed by atoms with Crippen molar-refractivity contribution >= 4 is 0 Å². The lowest BCUT2D eigenvalue weighted by atomic mass is 10.00. The van der Waals surface area contributed by atoms with Crippen LogP contribution in [-0.2, 0) is 0 Å². The molecule has 0 aromatic carbocycles. The summed E-state index contributed by atoms with van der Waals surface area (Å²) in [4.78, 5) is 2.43. The maximum atomic E-state index is 10.0. The van der Waals surface area contributed by atoms with E-state index in [9.17, 15) is 5.11 Å². The Morgan fingerprint density at radius 3 is 2.60 bits per heavy atom. The van der Waals surface area contributed by atoms with Gasteiger partial charge < -0.3 is 10.0 Å². The van der Waals surface area contributed by atoms with Crippen LogP contribution < -0.4 is 0 Å². The van der Waals surface area contributed by atoms with Crippen LogP contribution in [0.1, 0.15) is 45.4 Å². The SMILES string of the molecule is CC1CCN(CC(O)CC2CCCC2)C1. The van der Waals surface area contributed by atoms with E-state index in [2.05, 4.69) is 11.8 Å². The van der Waals surface area contributed by atoms with Gasteiger partial charge in [-0.25, -0.2) is 0 Å². The molecule has 0 spiro atoms. The van der Waals surface area contributed by atoms with Gasteiger partial charge in [-0.3, -0.25) is 0 Å². The number of nitrogens with zero attached hydrogens (tertiary/aromatic N) is 1. The summed E-state index contributed by atoms with van der Waals surface area (Å²) in [5.41, 5.74) is 0. The summed E-state index contributed by atoms with van der Waals surface area (Å²) in [6.07, 6.45) is 7.77. The van der Waals surface area contributed by atoms with Crippen LogP contribution in [-0.4, -0.2) is 35.7 Å². The zero-order valence-electron chi connectivity index (χ0n) is 9.99. The molecule has 2 fully saturated rings. The summed E-state index contributed by atoms with van der Waals surface area (Å²) < 4.78 is 0. The minimum atomic E-state index is -0.0709. The highest BCUT2D eigenvalue weighted by molar-refractivity contribution is 4.77. The van der Waals surface area contributed by atoms with Crippen LogP contribution in [0, 0.1) is 11.8 Å². The van der Waals surface area contributed by atoms with Gasteiger partial charge in [0.1, 0.15) is 0 Å². The van der Waals surface area contributed by atoms with Crippen molar-refractivity contribution in [3.05, 3.63) is 0 Å². The number of aliphatic hydroxyl groups excluding tert-OH is 1. The van der Waals surface area contributed by atoms with Crippen LogP contribution in [0.3, 0.4) is 0 Å². The molecule has 1 saturated heterocycles. The maximum absolute atomic E-state index is 10.0. The van der Waals surface area contributed by atoms with Crippen molar-refractivity contribution in [2.45, 2.75) is 51.6 Å². The zero-order valence-corrected chi connectivity index (χ0v) is 9.99. The number of β-amino-alcohol motifs (C(OH)–C–C–N with tert-alkyl or cyclic N) is 1. The molecule has 2 rings (SSSR count). The molecule has 0 radical (unpaired) electrons. The van der Waals surface area contributed by atoms with Gasteiger partial charge in [-0.2, -0.15) is 0 Å². The Labute approximate surface area is 93.7 Å². The van der Waals surface area contributed by atoms with Gasteiger partial charge in [-0.15, -0.1) is 0 Å². The topological polar surface area (TPSA) is 23.5 Å². The molecule has 0 aromatic heterocycles. The second kappa shape index (κ2) is 5.31. The molecule has 0 aromatic rings. The Balaban J connectivity index is 1.65. The standard InChI is InChI=1S/C13H25NO/c1-11-6-7-14(9-11)10-13(15)8-12-4-2-3-5-12/h11-13,15H,2-10H2,1H3. The first kappa shape index (κ1) is 11.4. The monoisotopic (exact) mass is 211 g/mol. The second-order valence-corrected chi connectivity index (χ2v) is 5.69. The summed E-state index contributed by atoms with van der Waals surface area (Å²) in [5, 5.41) is 10.0. The minimum absolute atomic E-state index is 0.0709. The highest BCUT2D eigenvalue weighted by Gasteiger charge is 2.23. The van der Waals surface area contributed by atoms with Gasteiger partial charge in [0.25, 0.3) is 0 Å². The Morgan fingerprint density at radius 1 is 1.27 bits per heavy atom. The van der Waals surface area contributed by atoms with Crippen molar-refractivity contribution in [1.29, 1.82) is 0 Å². The Bertz CT molecular complexity index is 189. The molecule has 0 bridgehead atoms. The van der Waals surface area contributed by atoms with Crippen LogP contribution in [0.15, 0.2) is 0 Å². The van der Waals surface area contributed by atoms with Gasteiger partial charge in [0, 0.05) is 13.1 Å². The molecule has 0 amide bonds. The van der Waals surface area contributed by atoms with E-state index in [1.165, 1.54) is 45.2 Å². The van der Waals surface area contributed by atoms with Crippen molar-refractivity contribution in [1.82, 2.24) is 4.90 Å². The molecule has 1 aliphatic heterocycles. The lowest BCUT2D eigenvalue weighted by molar-refractivity contribution is 0.100. The second-order valence-electron chi connectivity index (χ2n) is 5.69. The summed E-state index contributed by atoms with van der Waals surface area (Å²) in [5.74, 6) is 1.66. The van der Waals surface area contributed by atoms with Crippen LogP contribution >= 0.6 is 0 Å². The van der Waals surface area contributed by atoms with Crippen LogP contribution in [0.4, 0.5) is 0 Å². The molecule has 15 heavy (non-hydrogen) atoms. The molecule has 1 heterocycles. The number of hydrogen-bond donors (Lipinski definition) is 1. The van der Waals surface area contributed by atoms with Gasteiger partial charge >= 0.3 is 0 Å². The van der Waals surface area contributed by atoms with Crippen molar-refractivity contribution < 1.29 is 5.11 Å². The van der Waals surface area contributed by atoms with E-state index < -0.39 is 0 Å². The van der Waals surface area contributed by atoms with E-state index >= 15 is 0 Å². The molecular weight excluding hydrogens is 186 g/mol.